The number of rotatable bonds is 5. The van der Waals surface area contributed by atoms with Crippen LogP contribution in [-0.2, 0) is 17.8 Å². The molecule has 6 heteroatoms. The monoisotopic (exact) mass is 265 g/mol. The van der Waals surface area contributed by atoms with Crippen LogP contribution < -0.4 is 5.32 Å². The van der Waals surface area contributed by atoms with Crippen molar-refractivity contribution >= 4 is 11.9 Å². The number of nitrogens with one attached hydrogen (secondary N) is 1. The normalized spacial score (nSPS) is 15.3. The zero-order valence-electron chi connectivity index (χ0n) is 11.2. The third-order valence-electron chi connectivity index (χ3n) is 3.29. The van der Waals surface area contributed by atoms with E-state index >= 15 is 0 Å². The zero-order valence-corrected chi connectivity index (χ0v) is 11.2. The number of aliphatic carboxylic acids is 1. The lowest BCUT2D eigenvalue weighted by Gasteiger charge is -2.16. The van der Waals surface area contributed by atoms with Crippen LogP contribution in [0, 0.1) is 5.92 Å². The number of hydrogen-bond acceptors (Lipinski definition) is 3. The first-order valence-corrected chi connectivity index (χ1v) is 6.57. The summed E-state index contributed by atoms with van der Waals surface area (Å²) in [6.45, 7) is 4.69. The van der Waals surface area contributed by atoms with E-state index in [-0.39, 0.29) is 11.8 Å². The molecule has 1 aliphatic rings. The molecule has 0 spiro atoms. The van der Waals surface area contributed by atoms with Crippen LogP contribution in [0.15, 0.2) is 6.20 Å². The number of aryl methyl sites for hydroxylation is 1. The van der Waals surface area contributed by atoms with Gasteiger partial charge in [-0.25, -0.2) is 4.79 Å². The average Bonchev–Trinajstić information content (AvgIpc) is 2.88. The molecule has 2 rings (SSSR count). The fraction of sp³-hybridized carbons (Fsp3) is 0.615. The van der Waals surface area contributed by atoms with Crippen LogP contribution in [0.5, 0.6) is 0 Å². The average molecular weight is 265 g/mol. The first-order valence-electron chi connectivity index (χ1n) is 6.57. The molecule has 0 unspecified atom stereocenters. The minimum Gasteiger partial charge on any atom is -0.480 e. The molecule has 19 heavy (non-hydrogen) atoms. The molecule has 0 aliphatic carbocycles. The molecule has 104 valence electrons. The third kappa shape index (κ3) is 2.94. The summed E-state index contributed by atoms with van der Waals surface area (Å²) in [6.07, 6.45) is 3.76. The number of carboxylic acids is 1. The molecule has 2 N–H and O–H groups in total. The molecule has 1 amide bonds. The number of carbonyl (C=O) groups is 2. The highest BCUT2D eigenvalue weighted by molar-refractivity contribution is 5.97. The van der Waals surface area contributed by atoms with E-state index in [9.17, 15) is 9.59 Å². The summed E-state index contributed by atoms with van der Waals surface area (Å²) in [5.41, 5.74) is 1.42. The standard InChI is InChI=1S/C13H19N3O3/c1-8(2)6-10(13(18)19)15-12(17)9-7-14-16-5-3-4-11(9)16/h7-8,10H,3-6H2,1-2H3,(H,15,17)(H,18,19)/t10-/m0/s1. The number of carboxylic acid groups (broad SMARTS) is 1. The Bertz CT molecular complexity index is 493. The van der Waals surface area contributed by atoms with Gasteiger partial charge in [0, 0.05) is 6.54 Å². The van der Waals surface area contributed by atoms with Crippen molar-refractivity contribution in [2.75, 3.05) is 0 Å². The van der Waals surface area contributed by atoms with Gasteiger partial charge >= 0.3 is 5.97 Å². The van der Waals surface area contributed by atoms with Gasteiger partial charge in [-0.15, -0.1) is 0 Å². The smallest absolute Gasteiger partial charge is 0.326 e. The Morgan fingerprint density at radius 3 is 2.89 bits per heavy atom. The van der Waals surface area contributed by atoms with E-state index < -0.39 is 12.0 Å². The van der Waals surface area contributed by atoms with Crippen molar-refractivity contribution in [1.82, 2.24) is 15.1 Å². The molecule has 1 atom stereocenters. The Balaban J connectivity index is 2.08. The molecule has 0 radical (unpaired) electrons. The molecule has 0 bridgehead atoms. The lowest BCUT2D eigenvalue weighted by molar-refractivity contribution is -0.139. The SMILES string of the molecule is CC(C)C[C@H](NC(=O)c1cnn2c1CCC2)C(=O)O. The minimum atomic E-state index is -0.995. The zero-order chi connectivity index (χ0) is 14.0. The van der Waals surface area contributed by atoms with Crippen molar-refractivity contribution in [3.8, 4) is 0 Å². The molecule has 2 heterocycles. The van der Waals surface area contributed by atoms with Crippen LogP contribution >= 0.6 is 0 Å². The Kier molecular flexibility index (Phi) is 3.87. The second-order valence-electron chi connectivity index (χ2n) is 5.33. The van der Waals surface area contributed by atoms with Gasteiger partial charge in [0.25, 0.3) is 5.91 Å². The quantitative estimate of drug-likeness (QED) is 0.833. The van der Waals surface area contributed by atoms with E-state index in [1.54, 1.807) is 0 Å². The molecular weight excluding hydrogens is 246 g/mol. The van der Waals surface area contributed by atoms with E-state index in [4.69, 9.17) is 5.11 Å². The number of aromatic nitrogens is 2. The van der Waals surface area contributed by atoms with Gasteiger partial charge in [-0.2, -0.15) is 5.10 Å². The Morgan fingerprint density at radius 2 is 2.26 bits per heavy atom. The second kappa shape index (κ2) is 5.42. The fourth-order valence-electron chi connectivity index (χ4n) is 2.38. The summed E-state index contributed by atoms with van der Waals surface area (Å²) in [7, 11) is 0. The van der Waals surface area contributed by atoms with Gasteiger partial charge in [-0.05, 0) is 25.2 Å². The van der Waals surface area contributed by atoms with E-state index in [0.717, 1.165) is 25.1 Å². The van der Waals surface area contributed by atoms with Gasteiger partial charge in [-0.1, -0.05) is 13.8 Å². The van der Waals surface area contributed by atoms with E-state index in [2.05, 4.69) is 10.4 Å². The third-order valence-corrected chi connectivity index (χ3v) is 3.29. The summed E-state index contributed by atoms with van der Waals surface area (Å²) in [5, 5.41) is 15.9. The van der Waals surface area contributed by atoms with Crippen LogP contribution in [-0.4, -0.2) is 32.8 Å². The van der Waals surface area contributed by atoms with E-state index in [1.807, 2.05) is 18.5 Å². The molecule has 1 aromatic rings. The summed E-state index contributed by atoms with van der Waals surface area (Å²) in [6, 6.07) is -0.843. The number of nitrogens with zero attached hydrogens (tertiary/aromatic N) is 2. The van der Waals surface area contributed by atoms with Crippen LogP contribution in [0.4, 0.5) is 0 Å². The summed E-state index contributed by atoms with van der Waals surface area (Å²) < 4.78 is 1.81. The molecule has 0 fully saturated rings. The number of hydrogen-bond donors (Lipinski definition) is 2. The maximum absolute atomic E-state index is 12.1. The predicted octanol–water partition coefficient (Wildman–Crippen LogP) is 1.06. The molecule has 1 aliphatic heterocycles. The van der Waals surface area contributed by atoms with E-state index in [0.29, 0.717) is 12.0 Å². The first kappa shape index (κ1) is 13.6. The van der Waals surface area contributed by atoms with Gasteiger partial charge in [0.2, 0.25) is 0 Å². The number of fused-ring (bicyclic) bond motifs is 1. The van der Waals surface area contributed by atoms with Crippen LogP contribution in [0.3, 0.4) is 0 Å². The minimum absolute atomic E-state index is 0.208. The van der Waals surface area contributed by atoms with Crippen molar-refractivity contribution < 1.29 is 14.7 Å². The first-order chi connectivity index (χ1) is 8.99. The van der Waals surface area contributed by atoms with Crippen molar-refractivity contribution in [2.24, 2.45) is 5.92 Å². The molecular formula is C13H19N3O3. The fourth-order valence-corrected chi connectivity index (χ4v) is 2.38. The molecule has 0 saturated carbocycles. The second-order valence-corrected chi connectivity index (χ2v) is 5.33. The molecule has 0 saturated heterocycles. The van der Waals surface area contributed by atoms with Crippen molar-refractivity contribution in [3.63, 3.8) is 0 Å². The van der Waals surface area contributed by atoms with Gasteiger partial charge in [0.1, 0.15) is 6.04 Å². The van der Waals surface area contributed by atoms with Crippen LogP contribution in [0.2, 0.25) is 0 Å². The Labute approximate surface area is 111 Å². The Hall–Kier alpha value is -1.85. The van der Waals surface area contributed by atoms with Gasteiger partial charge in [0.15, 0.2) is 0 Å². The van der Waals surface area contributed by atoms with Crippen LogP contribution in [0.25, 0.3) is 0 Å². The lowest BCUT2D eigenvalue weighted by atomic mass is 10.0. The molecule has 1 aromatic heterocycles. The highest BCUT2D eigenvalue weighted by Gasteiger charge is 2.26. The van der Waals surface area contributed by atoms with E-state index in [1.165, 1.54) is 6.20 Å². The van der Waals surface area contributed by atoms with Gasteiger partial charge < -0.3 is 10.4 Å². The predicted molar refractivity (Wildman–Crippen MR) is 68.9 cm³/mol. The summed E-state index contributed by atoms with van der Waals surface area (Å²) in [4.78, 5) is 23.3. The van der Waals surface area contributed by atoms with Crippen LogP contribution in [0.1, 0.15) is 42.7 Å². The Morgan fingerprint density at radius 1 is 1.53 bits per heavy atom. The molecule has 6 nitrogen and oxygen atoms in total. The summed E-state index contributed by atoms with van der Waals surface area (Å²) in [5.74, 6) is -1.12. The van der Waals surface area contributed by atoms with Crippen molar-refractivity contribution in [1.29, 1.82) is 0 Å². The summed E-state index contributed by atoms with van der Waals surface area (Å²) >= 11 is 0. The number of carbonyl (C=O) groups excluding carboxylic acids is 1. The highest BCUT2D eigenvalue weighted by atomic mass is 16.4. The maximum atomic E-state index is 12.1. The number of amides is 1. The highest BCUT2D eigenvalue weighted by Crippen LogP contribution is 2.18. The van der Waals surface area contributed by atoms with Crippen molar-refractivity contribution in [2.45, 2.75) is 45.7 Å². The maximum Gasteiger partial charge on any atom is 0.326 e. The van der Waals surface area contributed by atoms with Gasteiger partial charge in [0.05, 0.1) is 17.5 Å². The molecule has 0 aromatic carbocycles. The van der Waals surface area contributed by atoms with Gasteiger partial charge in [-0.3, -0.25) is 9.48 Å². The topological polar surface area (TPSA) is 84.2 Å². The lowest BCUT2D eigenvalue weighted by Crippen LogP contribution is -2.41. The largest absolute Gasteiger partial charge is 0.480 e. The van der Waals surface area contributed by atoms with Crippen molar-refractivity contribution in [3.05, 3.63) is 17.5 Å².